The van der Waals surface area contributed by atoms with Gasteiger partial charge in [0.25, 0.3) is 0 Å². The Morgan fingerprint density at radius 1 is 1.06 bits per heavy atom. The molecule has 2 atom stereocenters. The number of carbonyl (C=O) groups excluding carboxylic acids is 1. The van der Waals surface area contributed by atoms with Gasteiger partial charge < -0.3 is 4.90 Å². The van der Waals surface area contributed by atoms with Gasteiger partial charge in [0.2, 0.25) is 21.1 Å². The van der Waals surface area contributed by atoms with Gasteiger partial charge in [-0.15, -0.1) is 10.2 Å². The molecule has 0 saturated heterocycles. The SMILES string of the molecule is CCC(C)C(NS(=O)(=O)c1cccc2cccnc12)C(=O)Nc1nnc(-c2ccc(N(C)C)cc2)s1. The van der Waals surface area contributed by atoms with E-state index < -0.39 is 22.0 Å². The van der Waals surface area contributed by atoms with Crippen molar-refractivity contribution in [3.05, 3.63) is 60.8 Å². The van der Waals surface area contributed by atoms with Crippen molar-refractivity contribution >= 4 is 49.0 Å². The van der Waals surface area contributed by atoms with Crippen LogP contribution in [0.4, 0.5) is 10.8 Å². The summed E-state index contributed by atoms with van der Waals surface area (Å²) in [5.41, 5.74) is 2.29. The van der Waals surface area contributed by atoms with E-state index in [-0.39, 0.29) is 10.8 Å². The van der Waals surface area contributed by atoms with Crippen LogP contribution >= 0.6 is 11.3 Å². The zero-order valence-corrected chi connectivity index (χ0v) is 22.1. The quantitative estimate of drug-likeness (QED) is 0.338. The summed E-state index contributed by atoms with van der Waals surface area (Å²) in [7, 11) is -0.108. The topological polar surface area (TPSA) is 117 Å². The molecule has 0 spiro atoms. The van der Waals surface area contributed by atoms with E-state index in [1.165, 1.54) is 17.4 Å². The summed E-state index contributed by atoms with van der Waals surface area (Å²) in [4.78, 5) is 19.5. The Labute approximate surface area is 214 Å². The van der Waals surface area contributed by atoms with Crippen LogP contribution in [0.15, 0.2) is 65.7 Å². The molecule has 0 aliphatic rings. The zero-order valence-electron chi connectivity index (χ0n) is 20.5. The van der Waals surface area contributed by atoms with Gasteiger partial charge in [0.1, 0.15) is 15.9 Å². The van der Waals surface area contributed by atoms with Crippen LogP contribution in [0.5, 0.6) is 0 Å². The first-order valence-electron chi connectivity index (χ1n) is 11.5. The Bertz CT molecular complexity index is 1460. The lowest BCUT2D eigenvalue weighted by molar-refractivity contribution is -0.118. The van der Waals surface area contributed by atoms with Gasteiger partial charge in [-0.05, 0) is 42.3 Å². The largest absolute Gasteiger partial charge is 0.378 e. The van der Waals surface area contributed by atoms with Crippen LogP contribution in [0.3, 0.4) is 0 Å². The molecule has 0 bridgehead atoms. The van der Waals surface area contributed by atoms with Crippen molar-refractivity contribution in [2.75, 3.05) is 24.3 Å². The molecule has 2 aromatic heterocycles. The minimum Gasteiger partial charge on any atom is -0.378 e. The van der Waals surface area contributed by atoms with Crippen molar-refractivity contribution in [2.24, 2.45) is 5.92 Å². The molecule has 4 aromatic rings. The fourth-order valence-electron chi connectivity index (χ4n) is 3.66. The molecule has 2 unspecified atom stereocenters. The molecule has 2 heterocycles. The number of hydrogen-bond donors (Lipinski definition) is 2. The van der Waals surface area contributed by atoms with Crippen LogP contribution in [0.1, 0.15) is 20.3 Å². The van der Waals surface area contributed by atoms with Crippen molar-refractivity contribution in [3.63, 3.8) is 0 Å². The van der Waals surface area contributed by atoms with Gasteiger partial charge in [-0.25, -0.2) is 8.42 Å². The van der Waals surface area contributed by atoms with Crippen molar-refractivity contribution in [2.45, 2.75) is 31.2 Å². The second kappa shape index (κ2) is 10.7. The minimum absolute atomic E-state index is 0.0288. The summed E-state index contributed by atoms with van der Waals surface area (Å²) in [6.45, 7) is 3.73. The molecule has 0 aliphatic carbocycles. The molecular weight excluding hydrogens is 496 g/mol. The molecule has 188 valence electrons. The Hall–Kier alpha value is -3.41. The molecule has 2 N–H and O–H groups in total. The highest BCUT2D eigenvalue weighted by molar-refractivity contribution is 7.89. The number of rotatable bonds is 9. The van der Waals surface area contributed by atoms with Crippen LogP contribution in [-0.2, 0) is 14.8 Å². The number of para-hydroxylation sites is 1. The van der Waals surface area contributed by atoms with Gasteiger partial charge >= 0.3 is 0 Å². The summed E-state index contributed by atoms with van der Waals surface area (Å²) in [5.74, 6) is -0.763. The van der Waals surface area contributed by atoms with Crippen LogP contribution in [-0.4, -0.2) is 49.6 Å². The number of aromatic nitrogens is 3. The number of nitrogens with one attached hydrogen (secondary N) is 2. The second-order valence-electron chi connectivity index (χ2n) is 8.66. The summed E-state index contributed by atoms with van der Waals surface area (Å²) >= 11 is 1.23. The van der Waals surface area contributed by atoms with Crippen LogP contribution < -0.4 is 14.9 Å². The van der Waals surface area contributed by atoms with Crippen molar-refractivity contribution < 1.29 is 13.2 Å². The average molecular weight is 525 g/mol. The second-order valence-corrected chi connectivity index (χ2v) is 11.3. The van der Waals surface area contributed by atoms with Gasteiger partial charge in [-0.1, -0.05) is 49.8 Å². The van der Waals surface area contributed by atoms with Crippen molar-refractivity contribution in [3.8, 4) is 10.6 Å². The van der Waals surface area contributed by atoms with Crippen molar-refractivity contribution in [1.29, 1.82) is 0 Å². The number of sulfonamides is 1. The van der Waals surface area contributed by atoms with E-state index in [0.717, 1.165) is 11.3 Å². The molecule has 0 saturated carbocycles. The molecule has 0 radical (unpaired) electrons. The molecule has 4 rings (SSSR count). The predicted molar refractivity (Wildman–Crippen MR) is 144 cm³/mol. The van der Waals surface area contributed by atoms with Crippen molar-refractivity contribution in [1.82, 2.24) is 19.9 Å². The first-order chi connectivity index (χ1) is 17.2. The summed E-state index contributed by atoms with van der Waals surface area (Å²) in [6, 6.07) is 15.3. The monoisotopic (exact) mass is 524 g/mol. The fraction of sp³-hybridized carbons (Fsp3) is 0.280. The minimum atomic E-state index is -4.04. The standard InChI is InChI=1S/C25H28N6O3S2/c1-5-16(2)21(30-36(33,34)20-10-6-8-17-9-7-15-26-22(17)20)23(32)27-25-29-28-24(35-25)18-11-13-19(14-12-18)31(3)4/h6-16,21,30H,5H2,1-4H3,(H,27,29,32). The van der Waals surface area contributed by atoms with Crippen LogP contribution in [0, 0.1) is 5.92 Å². The smallest absolute Gasteiger partial charge is 0.244 e. The number of anilines is 2. The third kappa shape index (κ3) is 5.53. The maximum atomic E-state index is 13.3. The Balaban J connectivity index is 1.55. The van der Waals surface area contributed by atoms with Crippen LogP contribution in [0.2, 0.25) is 0 Å². The van der Waals surface area contributed by atoms with Crippen LogP contribution in [0.25, 0.3) is 21.5 Å². The fourth-order valence-corrected chi connectivity index (χ4v) is 5.90. The molecule has 0 aliphatic heterocycles. The lowest BCUT2D eigenvalue weighted by Gasteiger charge is -2.23. The van der Waals surface area contributed by atoms with E-state index in [9.17, 15) is 13.2 Å². The Morgan fingerprint density at radius 2 is 1.78 bits per heavy atom. The number of fused-ring (bicyclic) bond motifs is 1. The van der Waals surface area contributed by atoms with Gasteiger partial charge in [0, 0.05) is 36.9 Å². The highest BCUT2D eigenvalue weighted by Crippen LogP contribution is 2.28. The summed E-state index contributed by atoms with van der Waals surface area (Å²) < 4.78 is 29.3. The number of carbonyl (C=O) groups is 1. The van der Waals surface area contributed by atoms with Gasteiger partial charge in [0.05, 0.1) is 5.52 Å². The lowest BCUT2D eigenvalue weighted by Crippen LogP contribution is -2.47. The van der Waals surface area contributed by atoms with Gasteiger partial charge in [-0.2, -0.15) is 4.72 Å². The molecular formula is C25H28N6O3S2. The first-order valence-corrected chi connectivity index (χ1v) is 13.8. The maximum Gasteiger partial charge on any atom is 0.244 e. The molecule has 2 aromatic carbocycles. The molecule has 9 nitrogen and oxygen atoms in total. The Kier molecular flexibility index (Phi) is 7.62. The van der Waals surface area contributed by atoms with E-state index in [2.05, 4.69) is 25.2 Å². The molecule has 1 amide bonds. The summed E-state index contributed by atoms with van der Waals surface area (Å²) in [6.07, 6.45) is 2.13. The first kappa shape index (κ1) is 25.7. The molecule has 11 heteroatoms. The number of hydrogen-bond acceptors (Lipinski definition) is 8. The lowest BCUT2D eigenvalue weighted by atomic mass is 9.99. The van der Waals surface area contributed by atoms with E-state index in [1.807, 2.05) is 57.1 Å². The predicted octanol–water partition coefficient (Wildman–Crippen LogP) is 4.15. The number of nitrogens with zero attached hydrogens (tertiary/aromatic N) is 4. The Morgan fingerprint density at radius 3 is 2.47 bits per heavy atom. The van der Waals surface area contributed by atoms with E-state index in [4.69, 9.17) is 0 Å². The van der Waals surface area contributed by atoms with E-state index in [0.29, 0.717) is 27.5 Å². The van der Waals surface area contributed by atoms with Gasteiger partial charge in [0.15, 0.2) is 0 Å². The third-order valence-corrected chi connectivity index (χ3v) is 8.31. The summed E-state index contributed by atoms with van der Waals surface area (Å²) in [5, 5.41) is 12.7. The van der Waals surface area contributed by atoms with E-state index in [1.54, 1.807) is 30.5 Å². The highest BCUT2D eigenvalue weighted by Gasteiger charge is 2.31. The number of benzene rings is 2. The average Bonchev–Trinajstić information content (AvgIpc) is 3.34. The number of pyridine rings is 1. The van der Waals surface area contributed by atoms with Gasteiger partial charge in [-0.3, -0.25) is 15.1 Å². The zero-order chi connectivity index (χ0) is 25.9. The molecule has 0 fully saturated rings. The number of amides is 1. The maximum absolute atomic E-state index is 13.3. The highest BCUT2D eigenvalue weighted by atomic mass is 32.2. The normalized spacial score (nSPS) is 13.3. The van der Waals surface area contributed by atoms with E-state index >= 15 is 0 Å². The molecule has 36 heavy (non-hydrogen) atoms. The third-order valence-electron chi connectivity index (χ3n) is 5.95.